The number of hydrogen-bond acceptors (Lipinski definition) is 5. The summed E-state index contributed by atoms with van der Waals surface area (Å²) in [4.78, 5) is 24.4. The number of ether oxygens (including phenoxy) is 2. The maximum atomic E-state index is 12.5. The summed E-state index contributed by atoms with van der Waals surface area (Å²) in [6.07, 6.45) is 3.59. The Morgan fingerprint density at radius 3 is 2.61 bits per heavy atom. The Balaban J connectivity index is 1.57. The predicted octanol–water partition coefficient (Wildman–Crippen LogP) is 4.25. The lowest BCUT2D eigenvalue weighted by atomic mass is 10.1. The van der Waals surface area contributed by atoms with Crippen LogP contribution in [0.15, 0.2) is 84.1 Å². The molecule has 166 valence electrons. The van der Waals surface area contributed by atoms with Gasteiger partial charge in [-0.3, -0.25) is 4.79 Å². The molecule has 0 spiro atoms. The van der Waals surface area contributed by atoms with Crippen LogP contribution in [0.4, 0.5) is 0 Å². The van der Waals surface area contributed by atoms with Gasteiger partial charge in [-0.05, 0) is 35.9 Å². The van der Waals surface area contributed by atoms with Gasteiger partial charge in [0.05, 0.1) is 31.6 Å². The molecule has 1 aromatic heterocycles. The third-order valence-electron chi connectivity index (χ3n) is 5.24. The number of methoxy groups -OCH3 is 2. The maximum Gasteiger partial charge on any atom is 0.337 e. The second kappa shape index (κ2) is 9.82. The van der Waals surface area contributed by atoms with E-state index in [4.69, 9.17) is 9.47 Å². The lowest BCUT2D eigenvalue weighted by Crippen LogP contribution is -2.18. The summed E-state index contributed by atoms with van der Waals surface area (Å²) < 4.78 is 12.1. The van der Waals surface area contributed by atoms with Crippen LogP contribution in [0.5, 0.6) is 5.75 Å². The highest BCUT2D eigenvalue weighted by atomic mass is 16.5. The number of rotatable bonds is 7. The standard InChI is InChI=1S/C26H23N3O4/c1-32-24-13-6-4-11-22(24)25(30)28-27-15-20-17-29(23-12-5-3-10-21(20)23)16-18-8-7-9-19(14-18)26(31)33-2/h3-15,17H,16H2,1-2H3,(H,28,30)/b27-15-. The van der Waals surface area contributed by atoms with Crippen molar-refractivity contribution in [3.05, 3.63) is 101 Å². The summed E-state index contributed by atoms with van der Waals surface area (Å²) in [5, 5.41) is 5.15. The van der Waals surface area contributed by atoms with Crippen LogP contribution < -0.4 is 10.2 Å². The zero-order valence-electron chi connectivity index (χ0n) is 18.3. The number of hydrogen-bond donors (Lipinski definition) is 1. The maximum absolute atomic E-state index is 12.5. The van der Waals surface area contributed by atoms with Crippen molar-refractivity contribution >= 4 is 29.0 Å². The van der Waals surface area contributed by atoms with E-state index in [0.29, 0.717) is 23.4 Å². The number of para-hydroxylation sites is 2. The van der Waals surface area contributed by atoms with E-state index in [2.05, 4.69) is 15.1 Å². The molecule has 7 nitrogen and oxygen atoms in total. The summed E-state index contributed by atoms with van der Waals surface area (Å²) in [5.41, 5.74) is 6.31. The van der Waals surface area contributed by atoms with Crippen LogP contribution in [-0.4, -0.2) is 36.9 Å². The quantitative estimate of drug-likeness (QED) is 0.264. The average molecular weight is 441 g/mol. The molecular formula is C26H23N3O4. The summed E-state index contributed by atoms with van der Waals surface area (Å²) in [5.74, 6) is -0.240. The monoisotopic (exact) mass is 441 g/mol. The third-order valence-corrected chi connectivity index (χ3v) is 5.24. The molecule has 0 aliphatic rings. The van der Waals surface area contributed by atoms with Crippen LogP contribution >= 0.6 is 0 Å². The number of carbonyl (C=O) groups is 2. The summed E-state index contributed by atoms with van der Waals surface area (Å²) in [6.45, 7) is 0.562. The van der Waals surface area contributed by atoms with Crippen molar-refractivity contribution in [2.75, 3.05) is 14.2 Å². The van der Waals surface area contributed by atoms with Crippen molar-refractivity contribution in [3.8, 4) is 5.75 Å². The molecule has 1 N–H and O–H groups in total. The van der Waals surface area contributed by atoms with Gasteiger partial charge in [0.2, 0.25) is 0 Å². The topological polar surface area (TPSA) is 81.9 Å². The van der Waals surface area contributed by atoms with E-state index in [1.54, 1.807) is 36.5 Å². The Kier molecular flexibility index (Phi) is 6.50. The number of benzene rings is 3. The normalized spacial score (nSPS) is 11.0. The highest BCUT2D eigenvalue weighted by molar-refractivity contribution is 6.01. The minimum Gasteiger partial charge on any atom is -0.496 e. The van der Waals surface area contributed by atoms with Gasteiger partial charge in [0, 0.05) is 29.2 Å². The van der Waals surface area contributed by atoms with Gasteiger partial charge in [0.15, 0.2) is 0 Å². The molecule has 33 heavy (non-hydrogen) atoms. The molecule has 0 aliphatic heterocycles. The number of nitrogens with zero attached hydrogens (tertiary/aromatic N) is 2. The molecule has 0 saturated carbocycles. The molecule has 3 aromatic carbocycles. The van der Waals surface area contributed by atoms with Gasteiger partial charge in [0.1, 0.15) is 5.75 Å². The first-order valence-corrected chi connectivity index (χ1v) is 10.3. The molecule has 1 amide bonds. The number of esters is 1. The molecule has 0 radical (unpaired) electrons. The fourth-order valence-electron chi connectivity index (χ4n) is 3.67. The SMILES string of the molecule is COC(=O)c1cccc(Cn2cc(/C=N\NC(=O)c3ccccc3OC)c3ccccc32)c1. The second-order valence-corrected chi connectivity index (χ2v) is 7.32. The second-order valence-electron chi connectivity index (χ2n) is 7.32. The molecule has 0 bridgehead atoms. The lowest BCUT2D eigenvalue weighted by Gasteiger charge is -2.07. The van der Waals surface area contributed by atoms with E-state index in [1.807, 2.05) is 48.7 Å². The Hall–Kier alpha value is -4.39. The fourth-order valence-corrected chi connectivity index (χ4v) is 3.67. The van der Waals surface area contributed by atoms with Gasteiger partial charge in [0.25, 0.3) is 5.91 Å². The largest absolute Gasteiger partial charge is 0.496 e. The van der Waals surface area contributed by atoms with Crippen LogP contribution in [0.3, 0.4) is 0 Å². The van der Waals surface area contributed by atoms with E-state index in [9.17, 15) is 9.59 Å². The Bertz CT molecular complexity index is 1340. The van der Waals surface area contributed by atoms with Crippen LogP contribution in [0.2, 0.25) is 0 Å². The molecule has 4 aromatic rings. The van der Waals surface area contributed by atoms with Gasteiger partial charge in [-0.25, -0.2) is 10.2 Å². The highest BCUT2D eigenvalue weighted by Gasteiger charge is 2.12. The zero-order valence-corrected chi connectivity index (χ0v) is 18.3. The van der Waals surface area contributed by atoms with Crippen LogP contribution in [0.1, 0.15) is 31.8 Å². The van der Waals surface area contributed by atoms with E-state index in [1.165, 1.54) is 14.2 Å². The number of aromatic nitrogens is 1. The number of fused-ring (bicyclic) bond motifs is 1. The molecule has 7 heteroatoms. The average Bonchev–Trinajstić information content (AvgIpc) is 3.20. The Morgan fingerprint density at radius 2 is 1.79 bits per heavy atom. The van der Waals surface area contributed by atoms with Crippen LogP contribution in [0.25, 0.3) is 10.9 Å². The van der Waals surface area contributed by atoms with Crippen molar-refractivity contribution in [3.63, 3.8) is 0 Å². The number of amides is 1. The van der Waals surface area contributed by atoms with E-state index in [-0.39, 0.29) is 11.9 Å². The fraction of sp³-hybridized carbons (Fsp3) is 0.115. The Morgan fingerprint density at radius 1 is 1.00 bits per heavy atom. The molecule has 4 rings (SSSR count). The van der Waals surface area contributed by atoms with E-state index >= 15 is 0 Å². The van der Waals surface area contributed by atoms with Crippen LogP contribution in [0, 0.1) is 0 Å². The minimum absolute atomic E-state index is 0.355. The smallest absolute Gasteiger partial charge is 0.337 e. The minimum atomic E-state index is -0.368. The Labute approximate surface area is 191 Å². The first kappa shape index (κ1) is 21.8. The molecule has 0 unspecified atom stereocenters. The number of nitrogens with one attached hydrogen (secondary N) is 1. The molecule has 0 saturated heterocycles. The lowest BCUT2D eigenvalue weighted by molar-refractivity contribution is 0.0600. The summed E-state index contributed by atoms with van der Waals surface area (Å²) in [7, 11) is 2.89. The molecule has 0 atom stereocenters. The highest BCUT2D eigenvalue weighted by Crippen LogP contribution is 2.22. The predicted molar refractivity (Wildman–Crippen MR) is 127 cm³/mol. The number of hydrazone groups is 1. The van der Waals surface area contributed by atoms with Crippen molar-refractivity contribution in [1.82, 2.24) is 9.99 Å². The van der Waals surface area contributed by atoms with Crippen molar-refractivity contribution < 1.29 is 19.1 Å². The number of carbonyl (C=O) groups excluding carboxylic acids is 2. The molecule has 1 heterocycles. The van der Waals surface area contributed by atoms with Gasteiger partial charge >= 0.3 is 5.97 Å². The van der Waals surface area contributed by atoms with Gasteiger partial charge in [-0.1, -0.05) is 42.5 Å². The van der Waals surface area contributed by atoms with Crippen LogP contribution in [-0.2, 0) is 11.3 Å². The van der Waals surface area contributed by atoms with E-state index < -0.39 is 0 Å². The first-order chi connectivity index (χ1) is 16.1. The molecular weight excluding hydrogens is 418 g/mol. The third kappa shape index (κ3) is 4.77. The van der Waals surface area contributed by atoms with Gasteiger partial charge in [-0.2, -0.15) is 5.10 Å². The van der Waals surface area contributed by atoms with Gasteiger partial charge in [-0.15, -0.1) is 0 Å². The molecule has 0 aliphatic carbocycles. The van der Waals surface area contributed by atoms with Gasteiger partial charge < -0.3 is 14.0 Å². The summed E-state index contributed by atoms with van der Waals surface area (Å²) >= 11 is 0. The first-order valence-electron chi connectivity index (χ1n) is 10.3. The van der Waals surface area contributed by atoms with Crippen molar-refractivity contribution in [2.24, 2.45) is 5.10 Å². The summed E-state index contributed by atoms with van der Waals surface area (Å²) in [6, 6.07) is 22.3. The molecule has 0 fully saturated rings. The van der Waals surface area contributed by atoms with E-state index in [0.717, 1.165) is 22.0 Å². The van der Waals surface area contributed by atoms with Crippen molar-refractivity contribution in [1.29, 1.82) is 0 Å². The zero-order chi connectivity index (χ0) is 23.2. The van der Waals surface area contributed by atoms with Crippen molar-refractivity contribution in [2.45, 2.75) is 6.54 Å².